The fourth-order valence-electron chi connectivity index (χ4n) is 0.784. The van der Waals surface area contributed by atoms with E-state index in [1.54, 1.807) is 0 Å². The molecular weight excluding hydrogens is 174 g/mol. The van der Waals surface area contributed by atoms with Crippen molar-refractivity contribution in [2.24, 2.45) is 0 Å². The first-order valence-corrected chi connectivity index (χ1v) is 3.76. The standard InChI is InChI=1S/C7H11N3O3/c8-7-9-3-5(6(12)10-7)4-13-2-1-11/h3,11H,1-2,4H2,(H3,8,9,10,12). The SMILES string of the molecule is Nc1ncc(COCCO)c(=O)[nH]1. The number of anilines is 1. The maximum Gasteiger partial charge on any atom is 0.257 e. The number of nitrogens with zero attached hydrogens (tertiary/aromatic N) is 1. The minimum Gasteiger partial charge on any atom is -0.394 e. The molecule has 0 saturated heterocycles. The van der Waals surface area contributed by atoms with E-state index in [-0.39, 0.29) is 31.3 Å². The van der Waals surface area contributed by atoms with E-state index in [4.69, 9.17) is 15.6 Å². The smallest absolute Gasteiger partial charge is 0.257 e. The number of hydrogen-bond donors (Lipinski definition) is 3. The normalized spacial score (nSPS) is 10.2. The monoisotopic (exact) mass is 185 g/mol. The van der Waals surface area contributed by atoms with Crippen molar-refractivity contribution >= 4 is 5.95 Å². The van der Waals surface area contributed by atoms with Crippen molar-refractivity contribution in [2.75, 3.05) is 18.9 Å². The molecule has 13 heavy (non-hydrogen) atoms. The van der Waals surface area contributed by atoms with Gasteiger partial charge in [0.25, 0.3) is 5.56 Å². The summed E-state index contributed by atoms with van der Waals surface area (Å²) in [5.41, 5.74) is 5.31. The molecule has 1 aromatic rings. The Morgan fingerprint density at radius 2 is 2.46 bits per heavy atom. The van der Waals surface area contributed by atoms with E-state index < -0.39 is 0 Å². The van der Waals surface area contributed by atoms with Crippen molar-refractivity contribution in [1.29, 1.82) is 0 Å². The zero-order chi connectivity index (χ0) is 9.68. The second kappa shape index (κ2) is 4.58. The van der Waals surface area contributed by atoms with Crippen LogP contribution in [0.2, 0.25) is 0 Å². The van der Waals surface area contributed by atoms with Gasteiger partial charge in [-0.05, 0) is 0 Å². The van der Waals surface area contributed by atoms with E-state index in [0.717, 1.165) is 0 Å². The first-order valence-electron chi connectivity index (χ1n) is 3.76. The van der Waals surface area contributed by atoms with Crippen LogP contribution in [0.1, 0.15) is 5.56 Å². The van der Waals surface area contributed by atoms with Gasteiger partial charge in [0, 0.05) is 6.20 Å². The van der Waals surface area contributed by atoms with Gasteiger partial charge in [-0.3, -0.25) is 9.78 Å². The van der Waals surface area contributed by atoms with Crippen molar-refractivity contribution in [2.45, 2.75) is 6.61 Å². The van der Waals surface area contributed by atoms with Crippen LogP contribution >= 0.6 is 0 Å². The van der Waals surface area contributed by atoms with Crippen molar-refractivity contribution in [3.63, 3.8) is 0 Å². The zero-order valence-electron chi connectivity index (χ0n) is 6.99. The van der Waals surface area contributed by atoms with Crippen molar-refractivity contribution in [3.05, 3.63) is 22.1 Å². The molecule has 0 radical (unpaired) electrons. The lowest BCUT2D eigenvalue weighted by Gasteiger charge is -2.00. The second-order valence-electron chi connectivity index (χ2n) is 2.40. The quantitative estimate of drug-likeness (QED) is 0.515. The molecule has 0 aliphatic carbocycles. The van der Waals surface area contributed by atoms with Crippen LogP contribution in [0.3, 0.4) is 0 Å². The maximum atomic E-state index is 11.1. The van der Waals surface area contributed by atoms with Crippen LogP contribution in [-0.4, -0.2) is 28.3 Å². The summed E-state index contributed by atoms with van der Waals surface area (Å²) in [6.07, 6.45) is 1.35. The molecule has 0 atom stereocenters. The fourth-order valence-corrected chi connectivity index (χ4v) is 0.784. The van der Waals surface area contributed by atoms with Crippen LogP contribution in [0, 0.1) is 0 Å². The molecule has 6 heteroatoms. The van der Waals surface area contributed by atoms with Crippen LogP contribution in [-0.2, 0) is 11.3 Å². The number of rotatable bonds is 4. The van der Waals surface area contributed by atoms with Crippen LogP contribution in [0.15, 0.2) is 11.0 Å². The van der Waals surface area contributed by atoms with Crippen molar-refractivity contribution < 1.29 is 9.84 Å². The number of nitrogens with two attached hydrogens (primary N) is 1. The van der Waals surface area contributed by atoms with E-state index >= 15 is 0 Å². The zero-order valence-corrected chi connectivity index (χ0v) is 6.99. The number of aliphatic hydroxyl groups is 1. The molecule has 0 aliphatic heterocycles. The van der Waals surface area contributed by atoms with Crippen molar-refractivity contribution in [3.8, 4) is 0 Å². The first-order chi connectivity index (χ1) is 6.24. The van der Waals surface area contributed by atoms with E-state index in [9.17, 15) is 4.79 Å². The summed E-state index contributed by atoms with van der Waals surface area (Å²) < 4.78 is 4.94. The van der Waals surface area contributed by atoms with Gasteiger partial charge >= 0.3 is 0 Å². The minimum absolute atomic E-state index is 0.0691. The van der Waals surface area contributed by atoms with Crippen LogP contribution in [0.25, 0.3) is 0 Å². The number of aliphatic hydroxyl groups excluding tert-OH is 1. The van der Waals surface area contributed by atoms with Crippen LogP contribution < -0.4 is 11.3 Å². The third kappa shape index (κ3) is 2.85. The molecular formula is C7H11N3O3. The highest BCUT2D eigenvalue weighted by Crippen LogP contribution is 1.92. The molecule has 0 saturated carbocycles. The lowest BCUT2D eigenvalue weighted by atomic mass is 10.3. The van der Waals surface area contributed by atoms with E-state index in [1.165, 1.54) is 6.20 Å². The average Bonchev–Trinajstić information content (AvgIpc) is 2.09. The Morgan fingerprint density at radius 1 is 1.69 bits per heavy atom. The van der Waals surface area contributed by atoms with Gasteiger partial charge in [0.15, 0.2) is 5.95 Å². The Kier molecular flexibility index (Phi) is 3.41. The number of aromatic nitrogens is 2. The highest BCUT2D eigenvalue weighted by molar-refractivity contribution is 5.16. The maximum absolute atomic E-state index is 11.1. The summed E-state index contributed by atoms with van der Waals surface area (Å²) in [4.78, 5) is 17.1. The summed E-state index contributed by atoms with van der Waals surface area (Å²) >= 11 is 0. The van der Waals surface area contributed by atoms with Gasteiger partial charge in [0.1, 0.15) is 0 Å². The molecule has 0 aliphatic rings. The first kappa shape index (κ1) is 9.69. The Labute approximate surface area is 74.4 Å². The van der Waals surface area contributed by atoms with Gasteiger partial charge in [-0.15, -0.1) is 0 Å². The molecule has 72 valence electrons. The van der Waals surface area contributed by atoms with Gasteiger partial charge in [0.05, 0.1) is 25.4 Å². The third-order valence-electron chi connectivity index (χ3n) is 1.39. The molecule has 6 nitrogen and oxygen atoms in total. The predicted molar refractivity (Wildman–Crippen MR) is 46.0 cm³/mol. The number of aromatic amines is 1. The number of nitrogens with one attached hydrogen (secondary N) is 1. The summed E-state index contributed by atoms with van der Waals surface area (Å²) in [7, 11) is 0. The summed E-state index contributed by atoms with van der Waals surface area (Å²) in [5, 5.41) is 8.41. The van der Waals surface area contributed by atoms with Gasteiger partial charge in [-0.1, -0.05) is 0 Å². The highest BCUT2D eigenvalue weighted by atomic mass is 16.5. The van der Waals surface area contributed by atoms with Gasteiger partial charge in [-0.25, -0.2) is 4.98 Å². The summed E-state index contributed by atoms with van der Waals surface area (Å²) in [6.45, 7) is 0.257. The number of hydrogen-bond acceptors (Lipinski definition) is 5. The Hall–Kier alpha value is -1.40. The topological polar surface area (TPSA) is 101 Å². The minimum atomic E-state index is -0.314. The van der Waals surface area contributed by atoms with Gasteiger partial charge in [0.2, 0.25) is 0 Å². The fraction of sp³-hybridized carbons (Fsp3) is 0.429. The summed E-state index contributed by atoms with van der Waals surface area (Å²) in [5.74, 6) is 0.0795. The molecule has 0 unspecified atom stereocenters. The largest absolute Gasteiger partial charge is 0.394 e. The van der Waals surface area contributed by atoms with Crippen LogP contribution in [0.5, 0.6) is 0 Å². The van der Waals surface area contributed by atoms with E-state index in [2.05, 4.69) is 9.97 Å². The lowest BCUT2D eigenvalue weighted by molar-refractivity contribution is 0.0808. The van der Waals surface area contributed by atoms with Gasteiger partial charge < -0.3 is 15.6 Å². The highest BCUT2D eigenvalue weighted by Gasteiger charge is 2.00. The molecule has 1 rings (SSSR count). The molecule has 0 amide bonds. The third-order valence-corrected chi connectivity index (χ3v) is 1.39. The Morgan fingerprint density at radius 3 is 3.08 bits per heavy atom. The molecule has 4 N–H and O–H groups in total. The van der Waals surface area contributed by atoms with E-state index in [1.807, 2.05) is 0 Å². The predicted octanol–water partition coefficient (Wildman–Crippen LogP) is -1.14. The number of ether oxygens (including phenoxy) is 1. The van der Waals surface area contributed by atoms with E-state index in [0.29, 0.717) is 5.56 Å². The Balaban J connectivity index is 2.62. The van der Waals surface area contributed by atoms with Crippen molar-refractivity contribution in [1.82, 2.24) is 9.97 Å². The number of H-pyrrole nitrogens is 1. The molecule has 0 aromatic carbocycles. The molecule has 0 fully saturated rings. The van der Waals surface area contributed by atoms with Crippen LogP contribution in [0.4, 0.5) is 5.95 Å². The summed E-state index contributed by atoms with van der Waals surface area (Å²) in [6, 6.07) is 0. The molecule has 1 heterocycles. The Bertz CT molecular complexity index is 323. The second-order valence-corrected chi connectivity index (χ2v) is 2.40. The number of nitrogen functional groups attached to an aromatic ring is 1. The average molecular weight is 185 g/mol. The molecule has 1 aromatic heterocycles. The molecule has 0 bridgehead atoms. The molecule has 0 spiro atoms. The lowest BCUT2D eigenvalue weighted by Crippen LogP contribution is -2.17. The van der Waals surface area contributed by atoms with Gasteiger partial charge in [-0.2, -0.15) is 0 Å².